The Balaban J connectivity index is 1.51. The molecule has 1 aliphatic rings. The summed E-state index contributed by atoms with van der Waals surface area (Å²) in [5, 5.41) is 2.22. The Kier molecular flexibility index (Phi) is 5.28. The van der Waals surface area contributed by atoms with Gasteiger partial charge in [-0.15, -0.1) is 0 Å². The third-order valence-corrected chi connectivity index (χ3v) is 6.82. The Morgan fingerprint density at radius 3 is 2.79 bits per heavy atom. The highest BCUT2D eigenvalue weighted by molar-refractivity contribution is 7.87. The Bertz CT molecular complexity index is 1140. The van der Waals surface area contributed by atoms with Crippen molar-refractivity contribution in [3.05, 3.63) is 63.3 Å². The van der Waals surface area contributed by atoms with Crippen LogP contribution in [0.2, 0.25) is 10.0 Å². The van der Waals surface area contributed by atoms with Crippen LogP contribution in [0.3, 0.4) is 0 Å². The summed E-state index contributed by atoms with van der Waals surface area (Å²) in [6, 6.07) is 10.8. The van der Waals surface area contributed by atoms with E-state index >= 15 is 0 Å². The molecule has 0 fully saturated rings. The fourth-order valence-corrected chi connectivity index (χ4v) is 5.08. The van der Waals surface area contributed by atoms with Crippen molar-refractivity contribution in [2.24, 2.45) is 0 Å². The molecule has 4 rings (SSSR count). The highest BCUT2D eigenvalue weighted by atomic mass is 35.5. The third-order valence-electron chi connectivity index (χ3n) is 4.87. The van der Waals surface area contributed by atoms with Crippen molar-refractivity contribution in [3.63, 3.8) is 0 Å². The van der Waals surface area contributed by atoms with E-state index in [0.29, 0.717) is 28.8 Å². The Morgan fingerprint density at radius 1 is 1.18 bits per heavy atom. The number of H-pyrrole nitrogens is 1. The lowest BCUT2D eigenvalue weighted by molar-refractivity contribution is 0.381. The summed E-state index contributed by atoms with van der Waals surface area (Å²) < 4.78 is 34.8. The van der Waals surface area contributed by atoms with Gasteiger partial charge in [0.1, 0.15) is 5.75 Å². The van der Waals surface area contributed by atoms with Crippen molar-refractivity contribution >= 4 is 44.3 Å². The Morgan fingerprint density at radius 2 is 2.00 bits per heavy atom. The first kappa shape index (κ1) is 19.5. The zero-order valence-electron chi connectivity index (χ0n) is 15.1. The molecule has 28 heavy (non-hydrogen) atoms. The van der Waals surface area contributed by atoms with Crippen LogP contribution < -0.4 is 9.46 Å². The fraction of sp³-hybridized carbons (Fsp3) is 0.263. The van der Waals surface area contributed by atoms with Gasteiger partial charge >= 0.3 is 0 Å². The van der Waals surface area contributed by atoms with Gasteiger partial charge in [-0.2, -0.15) is 17.4 Å². The highest BCUT2D eigenvalue weighted by Crippen LogP contribution is 2.30. The predicted molar refractivity (Wildman–Crippen MR) is 111 cm³/mol. The normalized spacial score (nSPS) is 15.0. The number of halogens is 2. The van der Waals surface area contributed by atoms with E-state index in [1.54, 1.807) is 25.3 Å². The van der Waals surface area contributed by atoms with Gasteiger partial charge < -0.3 is 9.72 Å². The minimum atomic E-state index is -3.65. The third kappa shape index (κ3) is 3.86. The first-order valence-corrected chi connectivity index (χ1v) is 10.9. The molecular weight excluding hydrogens is 421 g/mol. The summed E-state index contributed by atoms with van der Waals surface area (Å²) >= 11 is 12.2. The minimum Gasteiger partial charge on any atom is -0.497 e. The molecule has 2 heterocycles. The molecule has 0 radical (unpaired) electrons. The summed E-state index contributed by atoms with van der Waals surface area (Å²) in [7, 11) is -2.11. The molecule has 9 heteroatoms. The zero-order valence-corrected chi connectivity index (χ0v) is 17.5. The molecule has 0 bridgehead atoms. The van der Waals surface area contributed by atoms with Crippen LogP contribution >= 0.6 is 23.2 Å². The average Bonchev–Trinajstić information content (AvgIpc) is 3.03. The lowest BCUT2D eigenvalue weighted by Gasteiger charge is -2.26. The number of nitrogens with one attached hydrogen (secondary N) is 2. The van der Waals surface area contributed by atoms with E-state index in [4.69, 9.17) is 27.9 Å². The Labute approximate surface area is 173 Å². The molecular formula is C19H19Cl2N3O3S. The molecule has 3 aromatic rings. The number of aromatic nitrogens is 1. The molecule has 2 aromatic carbocycles. The van der Waals surface area contributed by atoms with Crippen LogP contribution in [-0.2, 0) is 29.7 Å². The van der Waals surface area contributed by atoms with Crippen LogP contribution in [0.4, 0.5) is 0 Å². The molecule has 0 unspecified atom stereocenters. The van der Waals surface area contributed by atoms with Crippen molar-refractivity contribution in [2.75, 3.05) is 13.7 Å². The summed E-state index contributed by atoms with van der Waals surface area (Å²) in [4.78, 5) is 3.32. The number of nitrogens with zero attached hydrogens (tertiary/aromatic N) is 1. The monoisotopic (exact) mass is 439 g/mol. The molecule has 0 saturated heterocycles. The number of benzene rings is 2. The molecule has 0 spiro atoms. The first-order valence-electron chi connectivity index (χ1n) is 8.73. The number of hydrogen-bond acceptors (Lipinski definition) is 3. The number of aromatic amines is 1. The maximum absolute atomic E-state index is 12.8. The molecule has 6 nitrogen and oxygen atoms in total. The molecule has 1 aromatic heterocycles. The summed E-state index contributed by atoms with van der Waals surface area (Å²) in [6.07, 6.45) is 0.627. The van der Waals surface area contributed by atoms with Gasteiger partial charge in [0.25, 0.3) is 10.2 Å². The van der Waals surface area contributed by atoms with Gasteiger partial charge in [-0.25, -0.2) is 0 Å². The van der Waals surface area contributed by atoms with Crippen molar-refractivity contribution < 1.29 is 13.2 Å². The van der Waals surface area contributed by atoms with Crippen LogP contribution in [-0.4, -0.2) is 31.4 Å². The van der Waals surface area contributed by atoms with Crippen molar-refractivity contribution in [2.45, 2.75) is 19.5 Å². The first-order chi connectivity index (χ1) is 13.4. The molecule has 0 saturated carbocycles. The van der Waals surface area contributed by atoms with E-state index in [1.165, 1.54) is 4.31 Å². The van der Waals surface area contributed by atoms with Gasteiger partial charge in [-0.3, -0.25) is 0 Å². The summed E-state index contributed by atoms with van der Waals surface area (Å²) in [6.45, 7) is 0.821. The molecule has 0 atom stereocenters. The van der Waals surface area contributed by atoms with E-state index in [0.717, 1.165) is 27.7 Å². The standard InChI is InChI=1S/C19H19Cl2N3O3S/c1-27-15-7-12(6-14(21)8-15)10-22-28(25,26)24-5-4-16-17-9-13(20)2-3-18(17)23-19(16)11-24/h2-3,6-9,22-23H,4-5,10-11H2,1H3. The second-order valence-corrected chi connectivity index (χ2v) is 9.31. The summed E-state index contributed by atoms with van der Waals surface area (Å²) in [5.74, 6) is 0.584. The smallest absolute Gasteiger partial charge is 0.280 e. The van der Waals surface area contributed by atoms with Crippen LogP contribution in [0.25, 0.3) is 10.9 Å². The van der Waals surface area contributed by atoms with Crippen LogP contribution in [0.1, 0.15) is 16.8 Å². The van der Waals surface area contributed by atoms with E-state index in [9.17, 15) is 8.42 Å². The maximum atomic E-state index is 12.8. The number of ether oxygens (including phenoxy) is 1. The molecule has 1 aliphatic heterocycles. The topological polar surface area (TPSA) is 74.4 Å². The van der Waals surface area contributed by atoms with Gasteiger partial charge in [0.2, 0.25) is 0 Å². The van der Waals surface area contributed by atoms with Gasteiger partial charge in [0, 0.05) is 39.7 Å². The van der Waals surface area contributed by atoms with Crippen LogP contribution in [0.5, 0.6) is 5.75 Å². The lowest BCUT2D eigenvalue weighted by atomic mass is 10.0. The van der Waals surface area contributed by atoms with E-state index in [-0.39, 0.29) is 13.1 Å². The Hall–Kier alpha value is -1.77. The predicted octanol–water partition coefficient (Wildman–Crippen LogP) is 3.88. The van der Waals surface area contributed by atoms with Crippen LogP contribution in [0, 0.1) is 0 Å². The maximum Gasteiger partial charge on any atom is 0.280 e. The van der Waals surface area contributed by atoms with Crippen molar-refractivity contribution in [3.8, 4) is 5.75 Å². The highest BCUT2D eigenvalue weighted by Gasteiger charge is 2.28. The number of rotatable bonds is 5. The molecule has 2 N–H and O–H groups in total. The summed E-state index contributed by atoms with van der Waals surface area (Å²) in [5.41, 5.74) is 3.72. The van der Waals surface area contributed by atoms with Gasteiger partial charge in [0.15, 0.2) is 0 Å². The van der Waals surface area contributed by atoms with E-state index in [1.807, 2.05) is 18.2 Å². The zero-order chi connectivity index (χ0) is 19.9. The molecule has 0 amide bonds. The van der Waals surface area contributed by atoms with Crippen molar-refractivity contribution in [1.82, 2.24) is 14.0 Å². The second-order valence-electron chi connectivity index (χ2n) is 6.68. The molecule has 0 aliphatic carbocycles. The quantitative estimate of drug-likeness (QED) is 0.633. The van der Waals surface area contributed by atoms with E-state index < -0.39 is 10.2 Å². The van der Waals surface area contributed by atoms with Crippen molar-refractivity contribution in [1.29, 1.82) is 0 Å². The van der Waals surface area contributed by atoms with Gasteiger partial charge in [-0.1, -0.05) is 23.2 Å². The second kappa shape index (κ2) is 7.57. The van der Waals surface area contributed by atoms with Gasteiger partial charge in [0.05, 0.1) is 13.7 Å². The molecule has 148 valence electrons. The van der Waals surface area contributed by atoms with E-state index in [2.05, 4.69) is 9.71 Å². The number of fused-ring (bicyclic) bond motifs is 3. The average molecular weight is 440 g/mol. The fourth-order valence-electron chi connectivity index (χ4n) is 3.50. The minimum absolute atomic E-state index is 0.130. The SMILES string of the molecule is COc1cc(Cl)cc(CNS(=O)(=O)N2CCc3c([nH]c4ccc(Cl)cc34)C2)c1. The van der Waals surface area contributed by atoms with Crippen LogP contribution in [0.15, 0.2) is 36.4 Å². The number of methoxy groups -OCH3 is 1. The number of hydrogen-bond donors (Lipinski definition) is 2. The van der Waals surface area contributed by atoms with Gasteiger partial charge in [-0.05, 0) is 53.9 Å². The largest absolute Gasteiger partial charge is 0.497 e. The lowest BCUT2D eigenvalue weighted by Crippen LogP contribution is -2.43.